The second-order valence-corrected chi connectivity index (χ2v) is 6.15. The molecule has 0 aromatic heterocycles. The molecule has 1 heterocycles. The van der Waals surface area contributed by atoms with Crippen LogP contribution in [0.5, 0.6) is 11.5 Å². The lowest BCUT2D eigenvalue weighted by Crippen LogP contribution is -2.48. The molecule has 132 valence electrons. The Kier molecular flexibility index (Phi) is 5.43. The molecule has 0 bridgehead atoms. The Morgan fingerprint density at radius 2 is 1.80 bits per heavy atom. The highest BCUT2D eigenvalue weighted by Gasteiger charge is 2.23. The van der Waals surface area contributed by atoms with Gasteiger partial charge in [-0.1, -0.05) is 36.4 Å². The van der Waals surface area contributed by atoms with Crippen LogP contribution in [-0.4, -0.2) is 38.2 Å². The fraction of sp³-hybridized carbons (Fsp3) is 0.350. The zero-order chi connectivity index (χ0) is 17.6. The summed E-state index contributed by atoms with van der Waals surface area (Å²) < 4.78 is 10.7. The molecule has 5 heteroatoms. The summed E-state index contributed by atoms with van der Waals surface area (Å²) in [5.41, 5.74) is 2.17. The van der Waals surface area contributed by atoms with Gasteiger partial charge in [0, 0.05) is 13.1 Å². The second-order valence-electron chi connectivity index (χ2n) is 6.15. The van der Waals surface area contributed by atoms with Crippen molar-refractivity contribution in [1.29, 1.82) is 0 Å². The van der Waals surface area contributed by atoms with Crippen molar-refractivity contribution < 1.29 is 14.3 Å². The van der Waals surface area contributed by atoms with Gasteiger partial charge in [0.1, 0.15) is 0 Å². The number of ether oxygens (including phenoxy) is 2. The number of hydrogen-bond acceptors (Lipinski definition) is 3. The molecule has 25 heavy (non-hydrogen) atoms. The Bertz CT molecular complexity index is 714. The summed E-state index contributed by atoms with van der Waals surface area (Å²) in [5.74, 6) is 1.40. The maximum absolute atomic E-state index is 12.4. The van der Waals surface area contributed by atoms with Gasteiger partial charge in [-0.2, -0.15) is 0 Å². The van der Waals surface area contributed by atoms with E-state index in [1.807, 2.05) is 53.4 Å². The first-order chi connectivity index (χ1) is 12.2. The van der Waals surface area contributed by atoms with Crippen LogP contribution in [0.4, 0.5) is 4.79 Å². The minimum atomic E-state index is -0.0904. The van der Waals surface area contributed by atoms with E-state index < -0.39 is 0 Å². The first kappa shape index (κ1) is 17.1. The van der Waals surface area contributed by atoms with Crippen molar-refractivity contribution in [2.75, 3.05) is 27.3 Å². The summed E-state index contributed by atoms with van der Waals surface area (Å²) in [4.78, 5) is 14.2. The number of methoxy groups -OCH3 is 2. The molecule has 0 aliphatic carbocycles. The zero-order valence-electron chi connectivity index (χ0n) is 14.7. The Morgan fingerprint density at radius 3 is 2.40 bits per heavy atom. The maximum Gasteiger partial charge on any atom is 0.317 e. The van der Waals surface area contributed by atoms with E-state index in [0.717, 1.165) is 30.6 Å². The number of nitrogens with one attached hydrogen (secondary N) is 1. The fourth-order valence-corrected chi connectivity index (χ4v) is 2.94. The van der Waals surface area contributed by atoms with Gasteiger partial charge in [-0.05, 0) is 36.1 Å². The number of carbonyl (C=O) groups is 1. The Hall–Kier alpha value is -2.69. The van der Waals surface area contributed by atoms with Crippen molar-refractivity contribution in [2.45, 2.75) is 18.9 Å². The van der Waals surface area contributed by atoms with E-state index in [0.29, 0.717) is 17.9 Å². The molecule has 1 unspecified atom stereocenters. The third-order valence-electron chi connectivity index (χ3n) is 4.53. The standard InChI is InChI=1S/C20H24N2O3/c1-24-18-10-9-15(14-19(18)25-2)13-17(16-7-4-3-5-8-16)21-20(23)22-11-6-12-22/h3-5,7-10,14,17H,6,11-13H2,1-2H3,(H,21,23). The molecule has 2 aromatic carbocycles. The van der Waals surface area contributed by atoms with Crippen LogP contribution in [0.25, 0.3) is 0 Å². The molecule has 0 saturated carbocycles. The monoisotopic (exact) mass is 340 g/mol. The topological polar surface area (TPSA) is 50.8 Å². The highest BCUT2D eigenvalue weighted by atomic mass is 16.5. The zero-order valence-corrected chi connectivity index (χ0v) is 14.7. The Morgan fingerprint density at radius 1 is 1.08 bits per heavy atom. The van der Waals surface area contributed by atoms with Crippen LogP contribution in [0.15, 0.2) is 48.5 Å². The van der Waals surface area contributed by atoms with Crippen molar-refractivity contribution in [3.05, 3.63) is 59.7 Å². The van der Waals surface area contributed by atoms with Crippen molar-refractivity contribution in [1.82, 2.24) is 10.2 Å². The van der Waals surface area contributed by atoms with Gasteiger partial charge in [0.2, 0.25) is 0 Å². The van der Waals surface area contributed by atoms with Crippen molar-refractivity contribution in [3.63, 3.8) is 0 Å². The van der Waals surface area contributed by atoms with Gasteiger partial charge in [0.05, 0.1) is 20.3 Å². The lowest BCUT2D eigenvalue weighted by atomic mass is 9.98. The van der Waals surface area contributed by atoms with Crippen molar-refractivity contribution in [3.8, 4) is 11.5 Å². The van der Waals surface area contributed by atoms with E-state index in [2.05, 4.69) is 5.32 Å². The number of amides is 2. The minimum absolute atomic E-state index is 0.000537. The lowest BCUT2D eigenvalue weighted by Gasteiger charge is -2.33. The third-order valence-corrected chi connectivity index (χ3v) is 4.53. The number of likely N-dealkylation sites (tertiary alicyclic amines) is 1. The fourth-order valence-electron chi connectivity index (χ4n) is 2.94. The first-order valence-corrected chi connectivity index (χ1v) is 8.52. The summed E-state index contributed by atoms with van der Waals surface area (Å²) in [5, 5.41) is 3.16. The molecule has 2 amide bonds. The largest absolute Gasteiger partial charge is 0.493 e. The molecule has 0 radical (unpaired) electrons. The van der Waals surface area contributed by atoms with Crippen LogP contribution in [0, 0.1) is 0 Å². The molecule has 1 aliphatic heterocycles. The van der Waals surface area contributed by atoms with Crippen LogP contribution < -0.4 is 14.8 Å². The Labute approximate surface area is 148 Å². The minimum Gasteiger partial charge on any atom is -0.493 e. The molecule has 3 rings (SSSR count). The third kappa shape index (κ3) is 4.05. The van der Waals surface area contributed by atoms with Crippen molar-refractivity contribution >= 4 is 6.03 Å². The summed E-state index contributed by atoms with van der Waals surface area (Å²) in [6, 6.07) is 15.8. The van der Waals surface area contributed by atoms with Gasteiger partial charge >= 0.3 is 6.03 Å². The molecule has 2 aromatic rings. The van der Waals surface area contributed by atoms with Gasteiger partial charge in [-0.15, -0.1) is 0 Å². The molecule has 0 spiro atoms. The van der Waals surface area contributed by atoms with E-state index in [9.17, 15) is 4.79 Å². The first-order valence-electron chi connectivity index (χ1n) is 8.52. The number of nitrogens with zero attached hydrogens (tertiary/aromatic N) is 1. The van der Waals surface area contributed by atoms with Gasteiger partial charge in [0.15, 0.2) is 11.5 Å². The van der Waals surface area contributed by atoms with E-state index >= 15 is 0 Å². The molecule has 1 fully saturated rings. The van der Waals surface area contributed by atoms with Crippen LogP contribution >= 0.6 is 0 Å². The average molecular weight is 340 g/mol. The number of rotatable bonds is 6. The predicted molar refractivity (Wildman–Crippen MR) is 97.2 cm³/mol. The number of carbonyl (C=O) groups excluding carboxylic acids is 1. The highest BCUT2D eigenvalue weighted by Crippen LogP contribution is 2.29. The van der Waals surface area contributed by atoms with Crippen LogP contribution in [0.1, 0.15) is 23.6 Å². The van der Waals surface area contributed by atoms with Crippen LogP contribution in [0.2, 0.25) is 0 Å². The summed E-state index contributed by atoms with van der Waals surface area (Å²) in [6.07, 6.45) is 1.77. The summed E-state index contributed by atoms with van der Waals surface area (Å²) in [7, 11) is 3.25. The SMILES string of the molecule is COc1ccc(CC(NC(=O)N2CCC2)c2ccccc2)cc1OC. The number of hydrogen-bond donors (Lipinski definition) is 1. The highest BCUT2D eigenvalue weighted by molar-refractivity contribution is 5.75. The number of benzene rings is 2. The molecular weight excluding hydrogens is 316 g/mol. The molecule has 1 N–H and O–H groups in total. The van der Waals surface area contributed by atoms with Gasteiger partial charge in [-0.25, -0.2) is 4.79 Å². The van der Waals surface area contributed by atoms with E-state index in [-0.39, 0.29) is 12.1 Å². The molecule has 5 nitrogen and oxygen atoms in total. The predicted octanol–water partition coefficient (Wildman–Crippen LogP) is 3.40. The summed E-state index contributed by atoms with van der Waals surface area (Å²) >= 11 is 0. The molecule has 1 saturated heterocycles. The lowest BCUT2D eigenvalue weighted by molar-refractivity contribution is 0.164. The smallest absolute Gasteiger partial charge is 0.317 e. The van der Waals surface area contributed by atoms with E-state index in [1.54, 1.807) is 14.2 Å². The van der Waals surface area contributed by atoms with Gasteiger partial charge in [-0.3, -0.25) is 0 Å². The molecule has 1 atom stereocenters. The average Bonchev–Trinajstić information content (AvgIpc) is 2.60. The van der Waals surface area contributed by atoms with E-state index in [1.165, 1.54) is 0 Å². The Balaban J connectivity index is 1.80. The number of urea groups is 1. The summed E-state index contributed by atoms with van der Waals surface area (Å²) in [6.45, 7) is 1.67. The van der Waals surface area contributed by atoms with E-state index in [4.69, 9.17) is 9.47 Å². The second kappa shape index (κ2) is 7.92. The quantitative estimate of drug-likeness (QED) is 0.877. The normalized spacial score (nSPS) is 14.4. The van der Waals surface area contributed by atoms with Crippen LogP contribution in [0.3, 0.4) is 0 Å². The van der Waals surface area contributed by atoms with Gasteiger partial charge < -0.3 is 19.7 Å². The molecular formula is C20H24N2O3. The van der Waals surface area contributed by atoms with Gasteiger partial charge in [0.25, 0.3) is 0 Å². The van der Waals surface area contributed by atoms with Crippen molar-refractivity contribution in [2.24, 2.45) is 0 Å². The van der Waals surface area contributed by atoms with Crippen LogP contribution in [-0.2, 0) is 6.42 Å². The molecule has 1 aliphatic rings. The maximum atomic E-state index is 12.4.